The lowest BCUT2D eigenvalue weighted by molar-refractivity contribution is -0.914. The summed E-state index contributed by atoms with van der Waals surface area (Å²) < 4.78 is 0. The molecule has 1 amide bonds. The molecule has 1 heterocycles. The van der Waals surface area contributed by atoms with Crippen LogP contribution in [0, 0.1) is 17.8 Å². The summed E-state index contributed by atoms with van der Waals surface area (Å²) in [6.07, 6.45) is 7.95. The third-order valence-electron chi connectivity index (χ3n) is 8.01. The molecule has 5 fully saturated rings. The van der Waals surface area contributed by atoms with E-state index in [1.54, 1.807) is 0 Å². The van der Waals surface area contributed by atoms with Crippen LogP contribution in [0.15, 0.2) is 24.3 Å². The summed E-state index contributed by atoms with van der Waals surface area (Å²) in [5.41, 5.74) is 1.32. The van der Waals surface area contributed by atoms with Crippen molar-refractivity contribution in [1.29, 1.82) is 0 Å². The molecule has 0 unspecified atom stereocenters. The van der Waals surface area contributed by atoms with Gasteiger partial charge < -0.3 is 15.1 Å². The van der Waals surface area contributed by atoms with Crippen LogP contribution in [-0.4, -0.2) is 43.7 Å². The lowest BCUT2D eigenvalue weighted by Gasteiger charge is -2.57. The summed E-state index contributed by atoms with van der Waals surface area (Å²) in [6, 6.07) is 8.13. The van der Waals surface area contributed by atoms with E-state index in [-0.39, 0.29) is 17.5 Å². The number of nitrogens with one attached hydrogen (secondary N) is 2. The highest BCUT2D eigenvalue weighted by atomic mass is 35.5. The van der Waals surface area contributed by atoms with Gasteiger partial charge in [-0.3, -0.25) is 4.79 Å². The van der Waals surface area contributed by atoms with Gasteiger partial charge in [-0.15, -0.1) is 0 Å². The van der Waals surface area contributed by atoms with Crippen molar-refractivity contribution in [2.45, 2.75) is 57.0 Å². The number of rotatable bonds is 4. The molecule has 1 aromatic carbocycles. The Hall–Kier alpha value is -1.26. The molecular formula is C23H33ClN3O+. The Bertz CT molecular complexity index is 708. The fraction of sp³-hybridized carbons (Fsp3) is 0.696. The summed E-state index contributed by atoms with van der Waals surface area (Å²) in [5.74, 6) is 2.90. The number of anilines is 1. The summed E-state index contributed by atoms with van der Waals surface area (Å²) >= 11 is 6.15. The molecule has 4 bridgehead atoms. The zero-order valence-corrected chi connectivity index (χ0v) is 17.7. The van der Waals surface area contributed by atoms with Crippen LogP contribution in [0.1, 0.15) is 45.4 Å². The SMILES string of the molecule is C[C@H](C(=O)NC12CC3CC(CC(C3)C1)C2)[NH+]1CCN(c2cccc(Cl)c2)CC1. The van der Waals surface area contributed by atoms with E-state index in [0.717, 1.165) is 49.0 Å². The van der Waals surface area contributed by atoms with Gasteiger partial charge in [0.2, 0.25) is 0 Å². The Morgan fingerprint density at radius 3 is 2.32 bits per heavy atom. The predicted octanol–water partition coefficient (Wildman–Crippen LogP) is 2.52. The molecule has 5 heteroatoms. The smallest absolute Gasteiger partial charge is 0.278 e. The Morgan fingerprint density at radius 2 is 1.75 bits per heavy atom. The summed E-state index contributed by atoms with van der Waals surface area (Å²) in [6.45, 7) is 6.08. The molecule has 5 aliphatic rings. The van der Waals surface area contributed by atoms with Crippen molar-refractivity contribution in [2.75, 3.05) is 31.1 Å². The van der Waals surface area contributed by atoms with Crippen molar-refractivity contribution in [3.8, 4) is 0 Å². The quantitative estimate of drug-likeness (QED) is 0.811. The third kappa shape index (κ3) is 3.54. The maximum atomic E-state index is 13.2. The van der Waals surface area contributed by atoms with E-state index in [0.29, 0.717) is 0 Å². The first-order valence-corrected chi connectivity index (χ1v) is 11.5. The van der Waals surface area contributed by atoms with Crippen LogP contribution < -0.4 is 15.1 Å². The molecule has 4 nitrogen and oxygen atoms in total. The summed E-state index contributed by atoms with van der Waals surface area (Å²) in [4.78, 5) is 17.0. The van der Waals surface area contributed by atoms with Crippen molar-refractivity contribution in [1.82, 2.24) is 5.32 Å². The summed E-state index contributed by atoms with van der Waals surface area (Å²) in [7, 11) is 0. The van der Waals surface area contributed by atoms with E-state index in [2.05, 4.69) is 23.2 Å². The van der Waals surface area contributed by atoms with Crippen LogP contribution >= 0.6 is 11.6 Å². The van der Waals surface area contributed by atoms with E-state index < -0.39 is 0 Å². The highest BCUT2D eigenvalue weighted by molar-refractivity contribution is 6.30. The van der Waals surface area contributed by atoms with Gasteiger partial charge in [0.05, 0.1) is 26.2 Å². The number of benzene rings is 1. The fourth-order valence-corrected chi connectivity index (χ4v) is 7.16. The van der Waals surface area contributed by atoms with Crippen molar-refractivity contribution < 1.29 is 9.69 Å². The van der Waals surface area contributed by atoms with Crippen molar-refractivity contribution in [3.63, 3.8) is 0 Å². The number of quaternary nitrogens is 1. The van der Waals surface area contributed by atoms with Crippen molar-refractivity contribution in [2.24, 2.45) is 17.8 Å². The third-order valence-corrected chi connectivity index (χ3v) is 8.25. The van der Waals surface area contributed by atoms with Gasteiger partial charge in [-0.2, -0.15) is 0 Å². The molecule has 28 heavy (non-hydrogen) atoms. The Balaban J connectivity index is 1.18. The molecule has 0 radical (unpaired) electrons. The number of amides is 1. The average molecular weight is 403 g/mol. The second-order valence-corrected chi connectivity index (χ2v) is 10.5. The molecule has 0 spiro atoms. The van der Waals surface area contributed by atoms with Gasteiger partial charge >= 0.3 is 0 Å². The topological polar surface area (TPSA) is 36.8 Å². The molecule has 4 aliphatic carbocycles. The Labute approximate surface area is 173 Å². The van der Waals surface area contributed by atoms with Crippen LogP contribution in [-0.2, 0) is 4.79 Å². The van der Waals surface area contributed by atoms with Crippen LogP contribution in [0.3, 0.4) is 0 Å². The molecule has 1 aromatic rings. The number of nitrogens with zero attached hydrogens (tertiary/aromatic N) is 1. The van der Waals surface area contributed by atoms with E-state index in [4.69, 9.17) is 11.6 Å². The van der Waals surface area contributed by atoms with Crippen molar-refractivity contribution >= 4 is 23.2 Å². The highest BCUT2D eigenvalue weighted by Crippen LogP contribution is 2.55. The molecule has 1 saturated heterocycles. The zero-order valence-electron chi connectivity index (χ0n) is 16.9. The second kappa shape index (κ2) is 7.21. The minimum Gasteiger partial charge on any atom is -0.360 e. The predicted molar refractivity (Wildman–Crippen MR) is 113 cm³/mol. The number of carbonyl (C=O) groups excluding carboxylic acids is 1. The first-order chi connectivity index (χ1) is 13.5. The maximum absolute atomic E-state index is 13.2. The highest BCUT2D eigenvalue weighted by Gasteiger charge is 2.52. The Morgan fingerprint density at radius 1 is 1.14 bits per heavy atom. The van der Waals surface area contributed by atoms with Gasteiger partial charge in [0.15, 0.2) is 6.04 Å². The van der Waals surface area contributed by atoms with Crippen LogP contribution in [0.25, 0.3) is 0 Å². The Kier molecular flexibility index (Phi) is 4.83. The molecular weight excluding hydrogens is 370 g/mol. The minimum atomic E-state index is 0.0366. The second-order valence-electron chi connectivity index (χ2n) is 10.0. The van der Waals surface area contributed by atoms with Gasteiger partial charge in [-0.05, 0) is 81.4 Å². The normalized spacial score (nSPS) is 35.8. The molecule has 2 N–H and O–H groups in total. The van der Waals surface area contributed by atoms with Crippen LogP contribution in [0.5, 0.6) is 0 Å². The molecule has 4 saturated carbocycles. The van der Waals surface area contributed by atoms with Crippen LogP contribution in [0.4, 0.5) is 5.69 Å². The van der Waals surface area contributed by atoms with E-state index in [9.17, 15) is 4.79 Å². The number of hydrogen-bond donors (Lipinski definition) is 2. The molecule has 152 valence electrons. The van der Waals surface area contributed by atoms with Gasteiger partial charge in [0.25, 0.3) is 5.91 Å². The maximum Gasteiger partial charge on any atom is 0.278 e. The standard InChI is InChI=1S/C23H32ClN3O/c1-16(26-5-7-27(8-6-26)21-4-2-3-20(24)12-21)22(28)25-23-13-17-9-18(14-23)11-19(10-17)15-23/h2-4,12,16-19H,5-11,13-15H2,1H3,(H,25,28)/p+1/t16-,17?,18?,19?,23?/m1/s1. The van der Waals surface area contributed by atoms with E-state index in [1.165, 1.54) is 49.1 Å². The number of carbonyl (C=O) groups is 1. The molecule has 6 rings (SSSR count). The van der Waals surface area contributed by atoms with Crippen molar-refractivity contribution in [3.05, 3.63) is 29.3 Å². The summed E-state index contributed by atoms with van der Waals surface area (Å²) in [5, 5.41) is 4.37. The largest absolute Gasteiger partial charge is 0.360 e. The minimum absolute atomic E-state index is 0.0366. The zero-order chi connectivity index (χ0) is 19.3. The van der Waals surface area contributed by atoms with E-state index >= 15 is 0 Å². The fourth-order valence-electron chi connectivity index (χ4n) is 6.98. The molecule has 0 aromatic heterocycles. The molecule has 1 atom stereocenters. The van der Waals surface area contributed by atoms with E-state index in [1.807, 2.05) is 18.2 Å². The van der Waals surface area contributed by atoms with Gasteiger partial charge in [0.1, 0.15) is 0 Å². The monoisotopic (exact) mass is 402 g/mol. The number of piperazine rings is 1. The van der Waals surface area contributed by atoms with Crippen LogP contribution in [0.2, 0.25) is 5.02 Å². The number of hydrogen-bond acceptors (Lipinski definition) is 2. The van der Waals surface area contributed by atoms with Gasteiger partial charge in [-0.25, -0.2) is 0 Å². The molecule has 1 aliphatic heterocycles. The lowest BCUT2D eigenvalue weighted by Crippen LogP contribution is -3.19. The number of halogens is 1. The average Bonchev–Trinajstić information content (AvgIpc) is 2.66. The van der Waals surface area contributed by atoms with Gasteiger partial charge in [0, 0.05) is 16.2 Å². The van der Waals surface area contributed by atoms with Gasteiger partial charge in [-0.1, -0.05) is 17.7 Å². The first-order valence-electron chi connectivity index (χ1n) is 11.2. The lowest BCUT2D eigenvalue weighted by atomic mass is 9.53. The first kappa shape index (κ1) is 18.7.